The molecule has 0 aromatic heterocycles. The van der Waals surface area contributed by atoms with E-state index in [0.717, 1.165) is 6.08 Å². The molecule has 3 nitrogen and oxygen atoms in total. The van der Waals surface area contributed by atoms with Gasteiger partial charge in [-0.25, -0.2) is 8.93 Å². The molecule has 0 spiro atoms. The maximum absolute atomic E-state index is 11.8. The summed E-state index contributed by atoms with van der Waals surface area (Å²) < 4.78 is 55.5. The number of alkyl halides is 3. The minimum atomic E-state index is -4.36. The van der Waals surface area contributed by atoms with E-state index in [1.807, 2.05) is 4.72 Å². The molecule has 0 aromatic rings. The smallest absolute Gasteiger partial charge is 0.294 e. The summed E-state index contributed by atoms with van der Waals surface area (Å²) in [5, 5.41) is -0.962. The molecule has 0 aromatic carbocycles. The van der Waals surface area contributed by atoms with Crippen LogP contribution in [0.5, 0.6) is 0 Å². The summed E-state index contributed by atoms with van der Waals surface area (Å²) in [6, 6.07) is 0. The predicted octanol–water partition coefficient (Wildman–Crippen LogP) is 1.52. The third-order valence-electron chi connectivity index (χ3n) is 0.956. The molecule has 0 saturated heterocycles. The first-order valence-electron chi connectivity index (χ1n) is 3.06. The Kier molecular flexibility index (Phi) is 5.61. The van der Waals surface area contributed by atoms with Crippen LogP contribution < -0.4 is 4.72 Å². The van der Waals surface area contributed by atoms with E-state index in [4.69, 9.17) is 4.55 Å². The second-order valence-corrected chi connectivity index (χ2v) is 4.03. The van der Waals surface area contributed by atoms with E-state index in [1.165, 1.54) is 0 Å². The Morgan fingerprint density at radius 1 is 1.69 bits per heavy atom. The maximum Gasteiger partial charge on any atom is 0.442 e. The quantitative estimate of drug-likeness (QED) is 0.561. The Bertz CT molecular complexity index is 197. The Labute approximate surface area is 80.2 Å². The highest BCUT2D eigenvalue weighted by molar-refractivity contribution is 8.00. The van der Waals surface area contributed by atoms with Gasteiger partial charge in [0.05, 0.1) is 0 Å². The SMILES string of the molecule is C=CC(CNS(=O)O)SC(F)(F)F. The minimum Gasteiger partial charge on any atom is -0.294 e. The van der Waals surface area contributed by atoms with Crippen LogP contribution in [0, 0.1) is 0 Å². The highest BCUT2D eigenvalue weighted by Gasteiger charge is 2.31. The second kappa shape index (κ2) is 5.63. The third-order valence-corrected chi connectivity index (χ3v) is 2.30. The van der Waals surface area contributed by atoms with E-state index in [0.29, 0.717) is 0 Å². The van der Waals surface area contributed by atoms with E-state index in [2.05, 4.69) is 6.58 Å². The van der Waals surface area contributed by atoms with E-state index < -0.39 is 22.0 Å². The van der Waals surface area contributed by atoms with Gasteiger partial charge < -0.3 is 0 Å². The van der Waals surface area contributed by atoms with Crippen LogP contribution in [-0.2, 0) is 11.3 Å². The topological polar surface area (TPSA) is 49.3 Å². The van der Waals surface area contributed by atoms with Gasteiger partial charge in [0, 0.05) is 11.8 Å². The van der Waals surface area contributed by atoms with Gasteiger partial charge in [0.1, 0.15) is 0 Å². The van der Waals surface area contributed by atoms with Gasteiger partial charge in [-0.05, 0) is 11.8 Å². The first kappa shape index (κ1) is 12.9. The van der Waals surface area contributed by atoms with E-state index in [1.54, 1.807) is 0 Å². The fraction of sp³-hybridized carbons (Fsp3) is 0.600. The Morgan fingerprint density at radius 2 is 2.23 bits per heavy atom. The van der Waals surface area contributed by atoms with Gasteiger partial charge in [-0.15, -0.1) is 6.58 Å². The van der Waals surface area contributed by atoms with Gasteiger partial charge in [-0.2, -0.15) is 13.2 Å². The average Bonchev–Trinajstić information content (AvgIpc) is 1.95. The molecule has 0 aliphatic heterocycles. The molecule has 2 unspecified atom stereocenters. The Morgan fingerprint density at radius 3 is 2.54 bits per heavy atom. The molecule has 0 fully saturated rings. The fourth-order valence-electron chi connectivity index (χ4n) is 0.498. The standard InChI is InChI=1S/C5H8F3NO2S2/c1-2-4(3-9-13(10)11)12-5(6,7)8/h2,4,9H,1,3H2,(H,10,11). The van der Waals surface area contributed by atoms with Crippen molar-refractivity contribution < 1.29 is 21.9 Å². The summed E-state index contributed by atoms with van der Waals surface area (Å²) >= 11 is -2.58. The van der Waals surface area contributed by atoms with Gasteiger partial charge in [0.15, 0.2) is 0 Å². The molecule has 2 atom stereocenters. The maximum atomic E-state index is 11.8. The summed E-state index contributed by atoms with van der Waals surface area (Å²) in [5.74, 6) is 0. The first-order chi connectivity index (χ1) is 5.85. The molecule has 13 heavy (non-hydrogen) atoms. The lowest BCUT2D eigenvalue weighted by molar-refractivity contribution is -0.0331. The second-order valence-electron chi connectivity index (χ2n) is 1.94. The van der Waals surface area contributed by atoms with Gasteiger partial charge in [0.2, 0.25) is 11.3 Å². The molecule has 0 aliphatic carbocycles. The van der Waals surface area contributed by atoms with Crippen molar-refractivity contribution in [2.75, 3.05) is 6.54 Å². The normalized spacial score (nSPS) is 16.6. The summed E-state index contributed by atoms with van der Waals surface area (Å²) in [5.41, 5.74) is -4.36. The molecule has 0 saturated carbocycles. The zero-order valence-corrected chi connectivity index (χ0v) is 8.01. The van der Waals surface area contributed by atoms with Gasteiger partial charge >= 0.3 is 5.51 Å². The molecule has 0 heterocycles. The summed E-state index contributed by atoms with van der Waals surface area (Å²) in [6.45, 7) is 2.93. The molecule has 8 heteroatoms. The van der Waals surface area contributed by atoms with Crippen molar-refractivity contribution >= 4 is 23.0 Å². The number of halogens is 3. The molecular weight excluding hydrogens is 227 g/mol. The van der Waals surface area contributed by atoms with Crippen LogP contribution in [0.2, 0.25) is 0 Å². The van der Waals surface area contributed by atoms with Crippen molar-refractivity contribution in [3.8, 4) is 0 Å². The Balaban J connectivity index is 3.90. The van der Waals surface area contributed by atoms with Crippen LogP contribution in [0.3, 0.4) is 0 Å². The fourth-order valence-corrected chi connectivity index (χ4v) is 1.53. The molecule has 0 bridgehead atoms. The highest BCUT2D eigenvalue weighted by Crippen LogP contribution is 2.33. The van der Waals surface area contributed by atoms with Crippen LogP contribution >= 0.6 is 11.8 Å². The third kappa shape index (κ3) is 8.28. The van der Waals surface area contributed by atoms with Crippen LogP contribution in [-0.4, -0.2) is 26.1 Å². The van der Waals surface area contributed by atoms with Gasteiger partial charge in [-0.1, -0.05) is 6.08 Å². The van der Waals surface area contributed by atoms with Crippen molar-refractivity contribution in [3.63, 3.8) is 0 Å². The Hall–Kier alpha value is -0.0500. The van der Waals surface area contributed by atoms with Crippen LogP contribution in [0.25, 0.3) is 0 Å². The van der Waals surface area contributed by atoms with Crippen molar-refractivity contribution in [1.29, 1.82) is 0 Å². The number of thioether (sulfide) groups is 1. The summed E-state index contributed by atoms with van der Waals surface area (Å²) in [7, 11) is 0. The first-order valence-corrected chi connectivity index (χ1v) is 5.05. The molecule has 0 rings (SSSR count). The van der Waals surface area contributed by atoms with Crippen LogP contribution in [0.4, 0.5) is 13.2 Å². The molecule has 2 N–H and O–H groups in total. The zero-order valence-electron chi connectivity index (χ0n) is 6.37. The number of nitrogens with one attached hydrogen (secondary N) is 1. The molecule has 0 radical (unpaired) electrons. The predicted molar refractivity (Wildman–Crippen MR) is 46.4 cm³/mol. The van der Waals surface area contributed by atoms with E-state index in [-0.39, 0.29) is 18.3 Å². The van der Waals surface area contributed by atoms with E-state index >= 15 is 0 Å². The van der Waals surface area contributed by atoms with Crippen molar-refractivity contribution in [1.82, 2.24) is 4.72 Å². The van der Waals surface area contributed by atoms with Crippen molar-refractivity contribution in [2.24, 2.45) is 0 Å². The molecule has 0 amide bonds. The number of hydrogen-bond donors (Lipinski definition) is 2. The van der Waals surface area contributed by atoms with E-state index in [9.17, 15) is 17.4 Å². The van der Waals surface area contributed by atoms with Crippen molar-refractivity contribution in [3.05, 3.63) is 12.7 Å². The van der Waals surface area contributed by atoms with Crippen LogP contribution in [0.15, 0.2) is 12.7 Å². The zero-order chi connectivity index (χ0) is 10.5. The van der Waals surface area contributed by atoms with Gasteiger partial charge in [-0.3, -0.25) is 4.55 Å². The van der Waals surface area contributed by atoms with Gasteiger partial charge in [0.25, 0.3) is 0 Å². The lowest BCUT2D eigenvalue weighted by Gasteiger charge is -2.13. The monoisotopic (exact) mass is 235 g/mol. The largest absolute Gasteiger partial charge is 0.442 e. The van der Waals surface area contributed by atoms with Crippen LogP contribution in [0.1, 0.15) is 0 Å². The summed E-state index contributed by atoms with van der Waals surface area (Å²) in [6.07, 6.45) is 1.07. The summed E-state index contributed by atoms with van der Waals surface area (Å²) in [4.78, 5) is 0. The number of rotatable bonds is 5. The highest BCUT2D eigenvalue weighted by atomic mass is 32.2. The lowest BCUT2D eigenvalue weighted by Crippen LogP contribution is -2.26. The molecule has 0 aliphatic rings. The molecule has 78 valence electrons. The van der Waals surface area contributed by atoms with Crippen molar-refractivity contribution in [2.45, 2.75) is 10.8 Å². The minimum absolute atomic E-state index is 0.253. The lowest BCUT2D eigenvalue weighted by atomic mass is 10.4. The number of hydrogen-bond acceptors (Lipinski definition) is 2. The average molecular weight is 235 g/mol. The molecular formula is C5H8F3NO2S2.